The molecule has 90 valence electrons. The van der Waals surface area contributed by atoms with Gasteiger partial charge in [-0.2, -0.15) is 0 Å². The van der Waals surface area contributed by atoms with Gasteiger partial charge in [-0.1, -0.05) is 34.1 Å². The summed E-state index contributed by atoms with van der Waals surface area (Å²) in [7, 11) is 1.40. The molecule has 2 rings (SSSR count). The average Bonchev–Trinajstić information content (AvgIpc) is 2.29. The lowest BCUT2D eigenvalue weighted by Crippen LogP contribution is -2.20. The van der Waals surface area contributed by atoms with Gasteiger partial charge in [0.1, 0.15) is 0 Å². The smallest absolute Gasteiger partial charge is 0.330 e. The molecular formula is C14H15BrO2. The fourth-order valence-electron chi connectivity index (χ4n) is 2.11. The zero-order valence-corrected chi connectivity index (χ0v) is 11.3. The van der Waals surface area contributed by atoms with E-state index in [1.165, 1.54) is 18.7 Å². The predicted octanol–water partition coefficient (Wildman–Crippen LogP) is 3.67. The number of allylic oxidation sites excluding steroid dienone is 1. The Morgan fingerprint density at radius 1 is 1.35 bits per heavy atom. The number of halogens is 1. The quantitative estimate of drug-likeness (QED) is 0.628. The molecule has 0 N–H and O–H groups in total. The van der Waals surface area contributed by atoms with Crippen LogP contribution >= 0.6 is 15.9 Å². The summed E-state index contributed by atoms with van der Waals surface area (Å²) in [5.74, 6) is 0.884. The van der Waals surface area contributed by atoms with Crippen molar-refractivity contribution in [3.05, 3.63) is 46.5 Å². The highest BCUT2D eigenvalue weighted by Crippen LogP contribution is 2.42. The Hall–Kier alpha value is -1.09. The predicted molar refractivity (Wildman–Crippen MR) is 70.8 cm³/mol. The molecule has 0 aromatic heterocycles. The molecule has 0 amide bonds. The molecule has 0 heterocycles. The standard InChI is InChI=1S/C14H15BrO2/c1-17-14(16)7-2-10-8-12(9-10)11-3-5-13(15)6-4-11/h2-7,10,12H,8-9H2,1H3/b7-2+/t10-,12+. The van der Waals surface area contributed by atoms with Crippen molar-refractivity contribution < 1.29 is 9.53 Å². The molecular weight excluding hydrogens is 280 g/mol. The molecule has 1 aromatic rings. The largest absolute Gasteiger partial charge is 0.466 e. The maximum absolute atomic E-state index is 10.9. The number of methoxy groups -OCH3 is 1. The van der Waals surface area contributed by atoms with Crippen LogP contribution in [0.3, 0.4) is 0 Å². The van der Waals surface area contributed by atoms with Gasteiger partial charge < -0.3 is 4.74 Å². The fourth-order valence-corrected chi connectivity index (χ4v) is 2.37. The van der Waals surface area contributed by atoms with E-state index in [-0.39, 0.29) is 5.97 Å². The molecule has 1 aromatic carbocycles. The molecule has 0 saturated heterocycles. The second kappa shape index (κ2) is 5.50. The molecule has 2 nitrogen and oxygen atoms in total. The van der Waals surface area contributed by atoms with E-state index in [0.29, 0.717) is 11.8 Å². The first-order valence-electron chi connectivity index (χ1n) is 5.70. The topological polar surface area (TPSA) is 26.3 Å². The summed E-state index contributed by atoms with van der Waals surface area (Å²) in [4.78, 5) is 10.9. The molecule has 0 aliphatic heterocycles. The molecule has 3 heteroatoms. The normalized spacial score (nSPS) is 23.4. The number of rotatable bonds is 3. The molecule has 17 heavy (non-hydrogen) atoms. The van der Waals surface area contributed by atoms with Crippen molar-refractivity contribution >= 4 is 21.9 Å². The van der Waals surface area contributed by atoms with Crippen LogP contribution in [0.1, 0.15) is 24.3 Å². The van der Waals surface area contributed by atoms with Gasteiger partial charge in [-0.05, 0) is 42.4 Å². The van der Waals surface area contributed by atoms with E-state index in [9.17, 15) is 4.79 Å². The number of benzene rings is 1. The van der Waals surface area contributed by atoms with E-state index in [2.05, 4.69) is 44.9 Å². The van der Waals surface area contributed by atoms with Crippen molar-refractivity contribution in [2.75, 3.05) is 7.11 Å². The first kappa shape index (κ1) is 12.4. The first-order chi connectivity index (χ1) is 8.19. The van der Waals surface area contributed by atoms with Crippen LogP contribution in [-0.4, -0.2) is 13.1 Å². The van der Waals surface area contributed by atoms with Crippen LogP contribution < -0.4 is 0 Å². The van der Waals surface area contributed by atoms with Crippen LogP contribution in [-0.2, 0) is 9.53 Å². The molecule has 0 spiro atoms. The van der Waals surface area contributed by atoms with Gasteiger partial charge in [0.05, 0.1) is 7.11 Å². The fraction of sp³-hybridized carbons (Fsp3) is 0.357. The van der Waals surface area contributed by atoms with Gasteiger partial charge in [-0.25, -0.2) is 4.79 Å². The lowest BCUT2D eigenvalue weighted by atomic mass is 9.71. The summed E-state index contributed by atoms with van der Waals surface area (Å²) >= 11 is 3.43. The molecule has 0 atom stereocenters. The van der Waals surface area contributed by atoms with Crippen LogP contribution in [0.5, 0.6) is 0 Å². The highest BCUT2D eigenvalue weighted by molar-refractivity contribution is 9.10. The van der Waals surface area contributed by atoms with Gasteiger partial charge in [0.25, 0.3) is 0 Å². The lowest BCUT2D eigenvalue weighted by Gasteiger charge is -2.33. The Balaban J connectivity index is 1.84. The molecule has 0 bridgehead atoms. The molecule has 1 aliphatic rings. The Morgan fingerprint density at radius 3 is 2.59 bits per heavy atom. The minimum atomic E-state index is -0.267. The SMILES string of the molecule is COC(=O)/C=C/[C@H]1C[C@@H](c2ccc(Br)cc2)C1. The summed E-state index contributed by atoms with van der Waals surface area (Å²) in [5.41, 5.74) is 1.39. The summed E-state index contributed by atoms with van der Waals surface area (Å²) in [5, 5.41) is 0. The molecule has 0 radical (unpaired) electrons. The number of ether oxygens (including phenoxy) is 1. The van der Waals surface area contributed by atoms with Gasteiger partial charge in [0.15, 0.2) is 0 Å². The summed E-state index contributed by atoms with van der Waals surface area (Å²) in [6, 6.07) is 8.48. The number of carbonyl (C=O) groups is 1. The van der Waals surface area contributed by atoms with Crippen LogP contribution in [0.2, 0.25) is 0 Å². The third kappa shape index (κ3) is 3.19. The summed E-state index contributed by atoms with van der Waals surface area (Å²) < 4.78 is 5.68. The van der Waals surface area contributed by atoms with Crippen molar-refractivity contribution in [2.45, 2.75) is 18.8 Å². The first-order valence-corrected chi connectivity index (χ1v) is 6.50. The van der Waals surface area contributed by atoms with E-state index in [1.807, 2.05) is 6.08 Å². The second-order valence-corrected chi connectivity index (χ2v) is 5.28. The van der Waals surface area contributed by atoms with Gasteiger partial charge in [0.2, 0.25) is 0 Å². The zero-order chi connectivity index (χ0) is 12.3. The van der Waals surface area contributed by atoms with Crippen LogP contribution in [0.15, 0.2) is 40.9 Å². The van der Waals surface area contributed by atoms with Crippen LogP contribution in [0, 0.1) is 5.92 Å². The lowest BCUT2D eigenvalue weighted by molar-refractivity contribution is -0.134. The molecule has 1 aliphatic carbocycles. The van der Waals surface area contributed by atoms with E-state index in [4.69, 9.17) is 0 Å². The number of hydrogen-bond acceptors (Lipinski definition) is 2. The van der Waals surface area contributed by atoms with Gasteiger partial charge in [-0.15, -0.1) is 0 Å². The summed E-state index contributed by atoms with van der Waals surface area (Å²) in [6.07, 6.45) is 5.73. The van der Waals surface area contributed by atoms with Crippen molar-refractivity contribution in [3.63, 3.8) is 0 Å². The van der Waals surface area contributed by atoms with Crippen molar-refractivity contribution in [1.29, 1.82) is 0 Å². The van der Waals surface area contributed by atoms with Crippen molar-refractivity contribution in [2.24, 2.45) is 5.92 Å². The number of hydrogen-bond donors (Lipinski definition) is 0. The van der Waals surface area contributed by atoms with Gasteiger partial charge in [-0.3, -0.25) is 0 Å². The van der Waals surface area contributed by atoms with E-state index >= 15 is 0 Å². The Kier molecular flexibility index (Phi) is 4.00. The van der Waals surface area contributed by atoms with Crippen molar-refractivity contribution in [3.8, 4) is 0 Å². The minimum absolute atomic E-state index is 0.267. The highest BCUT2D eigenvalue weighted by Gasteiger charge is 2.28. The summed E-state index contributed by atoms with van der Waals surface area (Å²) in [6.45, 7) is 0. The number of carbonyl (C=O) groups excluding carboxylic acids is 1. The molecule has 0 unspecified atom stereocenters. The third-order valence-electron chi connectivity index (χ3n) is 3.22. The maximum atomic E-state index is 10.9. The van der Waals surface area contributed by atoms with Crippen LogP contribution in [0.4, 0.5) is 0 Å². The monoisotopic (exact) mass is 294 g/mol. The van der Waals surface area contributed by atoms with E-state index in [0.717, 1.165) is 17.3 Å². The Bertz CT molecular complexity index is 416. The zero-order valence-electron chi connectivity index (χ0n) is 9.73. The van der Waals surface area contributed by atoms with E-state index < -0.39 is 0 Å². The van der Waals surface area contributed by atoms with Gasteiger partial charge in [0, 0.05) is 10.5 Å². The minimum Gasteiger partial charge on any atom is -0.466 e. The van der Waals surface area contributed by atoms with Crippen molar-refractivity contribution in [1.82, 2.24) is 0 Å². The second-order valence-electron chi connectivity index (χ2n) is 4.36. The number of esters is 1. The van der Waals surface area contributed by atoms with Crippen LogP contribution in [0.25, 0.3) is 0 Å². The Labute approximate surface area is 110 Å². The van der Waals surface area contributed by atoms with E-state index in [1.54, 1.807) is 0 Å². The highest BCUT2D eigenvalue weighted by atomic mass is 79.9. The molecule has 1 fully saturated rings. The average molecular weight is 295 g/mol. The third-order valence-corrected chi connectivity index (χ3v) is 3.75. The maximum Gasteiger partial charge on any atom is 0.330 e. The Morgan fingerprint density at radius 2 is 2.00 bits per heavy atom. The molecule has 1 saturated carbocycles. The van der Waals surface area contributed by atoms with Gasteiger partial charge >= 0.3 is 5.97 Å².